The van der Waals surface area contributed by atoms with Gasteiger partial charge in [0.05, 0.1) is 18.0 Å². The van der Waals surface area contributed by atoms with Crippen molar-refractivity contribution < 1.29 is 9.53 Å². The van der Waals surface area contributed by atoms with Crippen LogP contribution in [0.25, 0.3) is 5.69 Å². The summed E-state index contributed by atoms with van der Waals surface area (Å²) in [6, 6.07) is 12.4. The monoisotopic (exact) mass is 364 g/mol. The molecule has 27 heavy (non-hydrogen) atoms. The molecule has 138 valence electrons. The third-order valence-corrected chi connectivity index (χ3v) is 3.91. The summed E-state index contributed by atoms with van der Waals surface area (Å²) in [5, 5.41) is 7.35. The van der Waals surface area contributed by atoms with Crippen molar-refractivity contribution in [1.29, 1.82) is 0 Å². The first-order valence-electron chi connectivity index (χ1n) is 8.60. The van der Waals surface area contributed by atoms with E-state index in [-0.39, 0.29) is 17.9 Å². The first kappa shape index (κ1) is 18.3. The highest BCUT2D eigenvalue weighted by molar-refractivity contribution is 5.93. The van der Waals surface area contributed by atoms with E-state index < -0.39 is 5.97 Å². The number of anilines is 1. The average Bonchev–Trinajstić information content (AvgIpc) is 2.68. The van der Waals surface area contributed by atoms with Crippen LogP contribution < -0.4 is 10.9 Å². The zero-order valence-corrected chi connectivity index (χ0v) is 15.2. The summed E-state index contributed by atoms with van der Waals surface area (Å²) in [7, 11) is 0. The Bertz CT molecular complexity index is 982. The molecular weight excluding hydrogens is 344 g/mol. The molecule has 0 aliphatic heterocycles. The molecule has 0 aliphatic carbocycles. The fourth-order valence-electron chi connectivity index (χ4n) is 2.51. The number of esters is 1. The number of hydrogen-bond acceptors (Lipinski definition) is 6. The van der Waals surface area contributed by atoms with Crippen molar-refractivity contribution in [2.75, 3.05) is 11.9 Å². The highest BCUT2D eigenvalue weighted by atomic mass is 16.5. The van der Waals surface area contributed by atoms with Crippen LogP contribution in [0.3, 0.4) is 0 Å². The average molecular weight is 364 g/mol. The summed E-state index contributed by atoms with van der Waals surface area (Å²) in [5.41, 5.74) is 2.65. The number of nitrogens with zero attached hydrogens (tertiary/aromatic N) is 3. The van der Waals surface area contributed by atoms with Gasteiger partial charge in [0.25, 0.3) is 5.56 Å². The van der Waals surface area contributed by atoms with Gasteiger partial charge in [-0.3, -0.25) is 9.78 Å². The van der Waals surface area contributed by atoms with Crippen LogP contribution in [0.15, 0.2) is 59.7 Å². The van der Waals surface area contributed by atoms with Gasteiger partial charge < -0.3 is 10.1 Å². The lowest BCUT2D eigenvalue weighted by atomic mass is 10.2. The zero-order valence-electron chi connectivity index (χ0n) is 15.2. The molecule has 0 radical (unpaired) electrons. The van der Waals surface area contributed by atoms with Crippen molar-refractivity contribution >= 4 is 11.7 Å². The lowest BCUT2D eigenvalue weighted by molar-refractivity contribution is 0.0518. The van der Waals surface area contributed by atoms with Crippen LogP contribution >= 0.6 is 0 Å². The lowest BCUT2D eigenvalue weighted by Gasteiger charge is -2.13. The maximum Gasteiger partial charge on any atom is 0.360 e. The molecule has 0 saturated carbocycles. The van der Waals surface area contributed by atoms with Gasteiger partial charge in [0.1, 0.15) is 0 Å². The second-order valence-corrected chi connectivity index (χ2v) is 5.92. The number of carbonyl (C=O) groups is 1. The molecule has 0 saturated heterocycles. The molecule has 2 aromatic heterocycles. The number of nitrogens with one attached hydrogen (secondary N) is 1. The maximum absolute atomic E-state index is 12.6. The van der Waals surface area contributed by atoms with E-state index in [9.17, 15) is 9.59 Å². The summed E-state index contributed by atoms with van der Waals surface area (Å²) < 4.78 is 6.30. The van der Waals surface area contributed by atoms with Gasteiger partial charge in [-0.2, -0.15) is 9.78 Å². The molecule has 0 spiro atoms. The molecule has 7 nitrogen and oxygen atoms in total. The Balaban J connectivity index is 1.99. The minimum absolute atomic E-state index is 0.0612. The van der Waals surface area contributed by atoms with Gasteiger partial charge >= 0.3 is 5.97 Å². The van der Waals surface area contributed by atoms with Gasteiger partial charge in [0, 0.05) is 25.0 Å². The standard InChI is InChI=1S/C20H20N4O3/c1-3-27-20(26)19-17(22-13-15-8-10-21-11-9-15)12-18(25)24(23-19)16-6-4-14(2)5-7-16/h4-12,22H,3,13H2,1-2H3. The summed E-state index contributed by atoms with van der Waals surface area (Å²) >= 11 is 0. The summed E-state index contributed by atoms with van der Waals surface area (Å²) in [6.07, 6.45) is 3.35. The van der Waals surface area contributed by atoms with Crippen LogP contribution in [0, 0.1) is 6.92 Å². The molecule has 0 fully saturated rings. The fourth-order valence-corrected chi connectivity index (χ4v) is 2.51. The quantitative estimate of drug-likeness (QED) is 0.677. The maximum atomic E-state index is 12.6. The van der Waals surface area contributed by atoms with E-state index in [4.69, 9.17) is 4.74 Å². The molecule has 1 aromatic carbocycles. The van der Waals surface area contributed by atoms with Crippen LogP contribution in [0.4, 0.5) is 5.69 Å². The molecule has 3 aromatic rings. The van der Waals surface area contributed by atoms with Gasteiger partial charge in [0.2, 0.25) is 0 Å². The van der Waals surface area contributed by atoms with E-state index in [1.165, 1.54) is 10.7 Å². The Labute approximate surface area is 156 Å². The van der Waals surface area contributed by atoms with Gasteiger partial charge in [-0.1, -0.05) is 17.7 Å². The summed E-state index contributed by atoms with van der Waals surface area (Å²) in [5.74, 6) is -0.587. The number of rotatable bonds is 6. The van der Waals surface area contributed by atoms with Gasteiger partial charge in [0.15, 0.2) is 5.69 Å². The topological polar surface area (TPSA) is 86.1 Å². The van der Waals surface area contributed by atoms with E-state index >= 15 is 0 Å². The number of ether oxygens (including phenoxy) is 1. The number of aryl methyl sites for hydroxylation is 1. The second-order valence-electron chi connectivity index (χ2n) is 5.92. The van der Waals surface area contributed by atoms with Crippen molar-refractivity contribution in [3.05, 3.63) is 82.0 Å². The van der Waals surface area contributed by atoms with E-state index in [0.717, 1.165) is 11.1 Å². The molecule has 7 heteroatoms. The first-order chi connectivity index (χ1) is 13.1. The van der Waals surface area contributed by atoms with Gasteiger partial charge in [-0.25, -0.2) is 4.79 Å². The van der Waals surface area contributed by atoms with E-state index in [2.05, 4.69) is 15.4 Å². The molecular formula is C20H20N4O3. The number of aromatic nitrogens is 3. The Hall–Kier alpha value is -3.48. The highest BCUT2D eigenvalue weighted by Gasteiger charge is 2.18. The molecule has 2 heterocycles. The molecule has 0 unspecified atom stereocenters. The van der Waals surface area contributed by atoms with Crippen LogP contribution in [0.1, 0.15) is 28.5 Å². The Kier molecular flexibility index (Phi) is 5.61. The summed E-state index contributed by atoms with van der Waals surface area (Å²) in [4.78, 5) is 28.9. The number of carbonyl (C=O) groups excluding carboxylic acids is 1. The minimum atomic E-state index is -0.587. The third kappa shape index (κ3) is 4.38. The highest BCUT2D eigenvalue weighted by Crippen LogP contribution is 2.15. The molecule has 0 aliphatic rings. The van der Waals surface area contributed by atoms with Crippen LogP contribution in [-0.2, 0) is 11.3 Å². The predicted octanol–water partition coefficient (Wildman–Crippen LogP) is 2.72. The molecule has 0 atom stereocenters. The first-order valence-corrected chi connectivity index (χ1v) is 8.60. The normalized spacial score (nSPS) is 10.4. The third-order valence-electron chi connectivity index (χ3n) is 3.91. The largest absolute Gasteiger partial charge is 0.461 e. The SMILES string of the molecule is CCOC(=O)c1nn(-c2ccc(C)cc2)c(=O)cc1NCc1ccncc1. The molecule has 0 bridgehead atoms. The molecule has 3 rings (SSSR count). The zero-order chi connectivity index (χ0) is 19.2. The van der Waals surface area contributed by atoms with E-state index in [0.29, 0.717) is 17.9 Å². The predicted molar refractivity (Wildman–Crippen MR) is 102 cm³/mol. The van der Waals surface area contributed by atoms with E-state index in [1.54, 1.807) is 31.5 Å². The van der Waals surface area contributed by atoms with Crippen molar-refractivity contribution in [2.24, 2.45) is 0 Å². The van der Waals surface area contributed by atoms with Crippen molar-refractivity contribution in [1.82, 2.24) is 14.8 Å². The lowest BCUT2D eigenvalue weighted by Crippen LogP contribution is -2.25. The van der Waals surface area contributed by atoms with Crippen LogP contribution in [0.5, 0.6) is 0 Å². The van der Waals surface area contributed by atoms with E-state index in [1.807, 2.05) is 31.2 Å². The van der Waals surface area contributed by atoms with Gasteiger partial charge in [-0.15, -0.1) is 0 Å². The van der Waals surface area contributed by atoms with Crippen molar-refractivity contribution in [2.45, 2.75) is 20.4 Å². The smallest absolute Gasteiger partial charge is 0.360 e. The van der Waals surface area contributed by atoms with Gasteiger partial charge in [-0.05, 0) is 43.7 Å². The minimum Gasteiger partial charge on any atom is -0.461 e. The van der Waals surface area contributed by atoms with Crippen LogP contribution in [-0.4, -0.2) is 27.3 Å². The Morgan fingerprint density at radius 1 is 1.15 bits per heavy atom. The molecule has 0 amide bonds. The van der Waals surface area contributed by atoms with Crippen molar-refractivity contribution in [3.63, 3.8) is 0 Å². The molecule has 1 N–H and O–H groups in total. The Morgan fingerprint density at radius 2 is 1.85 bits per heavy atom. The van der Waals surface area contributed by atoms with Crippen LogP contribution in [0.2, 0.25) is 0 Å². The number of hydrogen-bond donors (Lipinski definition) is 1. The number of pyridine rings is 1. The second kappa shape index (κ2) is 8.27. The number of benzene rings is 1. The van der Waals surface area contributed by atoms with Crippen molar-refractivity contribution in [3.8, 4) is 5.69 Å². The summed E-state index contributed by atoms with van der Waals surface area (Å²) in [6.45, 7) is 4.31. The fraction of sp³-hybridized carbons (Fsp3) is 0.200. The Morgan fingerprint density at radius 3 is 2.52 bits per heavy atom.